The van der Waals surface area contributed by atoms with E-state index in [0.29, 0.717) is 25.0 Å². The van der Waals surface area contributed by atoms with Gasteiger partial charge < -0.3 is 14.7 Å². The molecule has 0 spiro atoms. The number of H-pyrrole nitrogens is 1. The molecule has 0 radical (unpaired) electrons. The topological polar surface area (TPSA) is 74.3 Å². The van der Waals surface area contributed by atoms with Crippen molar-refractivity contribution in [2.24, 2.45) is 0 Å². The molecule has 1 aliphatic rings. The maximum atomic E-state index is 9.35. The number of rotatable bonds is 3. The molecule has 1 saturated heterocycles. The third kappa shape index (κ3) is 2.45. The van der Waals surface area contributed by atoms with Gasteiger partial charge in [-0.2, -0.15) is 4.98 Å². The van der Waals surface area contributed by atoms with Crippen molar-refractivity contribution in [3.8, 4) is 11.4 Å². The van der Waals surface area contributed by atoms with Gasteiger partial charge in [-0.15, -0.1) is 5.10 Å². The molecule has 100 valence electrons. The number of nitrogens with one attached hydrogen (secondary N) is 1. The molecule has 0 bridgehead atoms. The van der Waals surface area contributed by atoms with E-state index < -0.39 is 0 Å². The van der Waals surface area contributed by atoms with Crippen LogP contribution in [0.2, 0.25) is 0 Å². The van der Waals surface area contributed by atoms with Crippen molar-refractivity contribution in [3.05, 3.63) is 29.8 Å². The molecule has 0 saturated carbocycles. The highest BCUT2D eigenvalue weighted by Crippen LogP contribution is 2.22. The lowest BCUT2D eigenvalue weighted by Gasteiger charge is -2.25. The summed E-state index contributed by atoms with van der Waals surface area (Å²) in [7, 11) is 0. The fourth-order valence-electron chi connectivity index (χ4n) is 2.17. The van der Waals surface area contributed by atoms with E-state index in [-0.39, 0.29) is 6.61 Å². The molecule has 3 rings (SSSR count). The molecule has 1 aromatic heterocycles. The normalized spacial score (nSPS) is 15.7. The van der Waals surface area contributed by atoms with Crippen LogP contribution in [0.3, 0.4) is 0 Å². The Morgan fingerprint density at radius 3 is 2.84 bits per heavy atom. The van der Waals surface area contributed by atoms with Crippen LogP contribution in [0.15, 0.2) is 24.3 Å². The van der Waals surface area contributed by atoms with Gasteiger partial charge in [0.05, 0.1) is 19.8 Å². The Morgan fingerprint density at radius 1 is 1.26 bits per heavy atom. The van der Waals surface area contributed by atoms with Crippen molar-refractivity contribution in [3.63, 3.8) is 0 Å². The van der Waals surface area contributed by atoms with Gasteiger partial charge in [0.25, 0.3) is 0 Å². The molecule has 0 aliphatic carbocycles. The molecular formula is C13H16N4O2. The number of hydrogen-bond acceptors (Lipinski definition) is 5. The standard InChI is InChI=1S/C13H16N4O2/c18-9-10-3-1-2-4-11(10)12-14-13(16-15-12)17-5-7-19-8-6-17/h1-4,18H,5-9H2,(H,14,15,16). The van der Waals surface area contributed by atoms with Crippen LogP contribution in [-0.2, 0) is 11.3 Å². The molecule has 0 atom stereocenters. The molecule has 1 fully saturated rings. The van der Waals surface area contributed by atoms with E-state index in [2.05, 4.69) is 20.1 Å². The van der Waals surface area contributed by atoms with E-state index in [0.717, 1.165) is 24.2 Å². The van der Waals surface area contributed by atoms with Gasteiger partial charge in [-0.25, -0.2) is 0 Å². The zero-order valence-electron chi connectivity index (χ0n) is 10.5. The van der Waals surface area contributed by atoms with Crippen LogP contribution in [0, 0.1) is 0 Å². The van der Waals surface area contributed by atoms with Gasteiger partial charge in [0, 0.05) is 18.7 Å². The number of morpholine rings is 1. The molecule has 1 aromatic carbocycles. The van der Waals surface area contributed by atoms with E-state index in [9.17, 15) is 5.11 Å². The molecule has 19 heavy (non-hydrogen) atoms. The number of aliphatic hydroxyl groups is 1. The lowest BCUT2D eigenvalue weighted by atomic mass is 10.1. The van der Waals surface area contributed by atoms with Crippen molar-refractivity contribution >= 4 is 5.95 Å². The van der Waals surface area contributed by atoms with Crippen LogP contribution in [0.1, 0.15) is 5.56 Å². The van der Waals surface area contributed by atoms with Crippen molar-refractivity contribution < 1.29 is 9.84 Å². The van der Waals surface area contributed by atoms with Gasteiger partial charge in [0.2, 0.25) is 5.95 Å². The van der Waals surface area contributed by atoms with Crippen LogP contribution >= 0.6 is 0 Å². The highest BCUT2D eigenvalue weighted by Gasteiger charge is 2.16. The highest BCUT2D eigenvalue weighted by atomic mass is 16.5. The average Bonchev–Trinajstić information content (AvgIpc) is 2.98. The predicted octanol–water partition coefficient (Wildman–Crippen LogP) is 0.801. The minimum atomic E-state index is -0.0102. The van der Waals surface area contributed by atoms with E-state index in [1.807, 2.05) is 24.3 Å². The maximum absolute atomic E-state index is 9.35. The number of ether oxygens (including phenoxy) is 1. The van der Waals surface area contributed by atoms with Crippen molar-refractivity contribution in [1.29, 1.82) is 0 Å². The molecule has 2 heterocycles. The van der Waals surface area contributed by atoms with Crippen LogP contribution in [0.4, 0.5) is 5.95 Å². The first-order chi connectivity index (χ1) is 9.38. The second-order valence-corrected chi connectivity index (χ2v) is 4.40. The number of benzene rings is 1. The van der Waals surface area contributed by atoms with Crippen LogP contribution in [0.5, 0.6) is 0 Å². The quantitative estimate of drug-likeness (QED) is 0.854. The summed E-state index contributed by atoms with van der Waals surface area (Å²) in [6, 6.07) is 7.63. The summed E-state index contributed by atoms with van der Waals surface area (Å²) in [4.78, 5) is 6.59. The average molecular weight is 260 g/mol. The Bertz CT molecular complexity index is 549. The first-order valence-corrected chi connectivity index (χ1v) is 6.32. The first-order valence-electron chi connectivity index (χ1n) is 6.32. The lowest BCUT2D eigenvalue weighted by molar-refractivity contribution is 0.122. The minimum absolute atomic E-state index is 0.0102. The molecule has 2 aromatic rings. The smallest absolute Gasteiger partial charge is 0.245 e. The monoisotopic (exact) mass is 260 g/mol. The van der Waals surface area contributed by atoms with E-state index in [1.165, 1.54) is 0 Å². The number of anilines is 1. The van der Waals surface area contributed by atoms with Gasteiger partial charge in [0.1, 0.15) is 0 Å². The van der Waals surface area contributed by atoms with Crippen LogP contribution in [0.25, 0.3) is 11.4 Å². The summed E-state index contributed by atoms with van der Waals surface area (Å²) in [5, 5.41) is 16.5. The fourth-order valence-corrected chi connectivity index (χ4v) is 2.17. The fraction of sp³-hybridized carbons (Fsp3) is 0.385. The molecule has 0 amide bonds. The largest absolute Gasteiger partial charge is 0.392 e. The van der Waals surface area contributed by atoms with Gasteiger partial charge >= 0.3 is 0 Å². The third-order valence-corrected chi connectivity index (χ3v) is 3.21. The first kappa shape index (κ1) is 12.1. The van der Waals surface area contributed by atoms with E-state index >= 15 is 0 Å². The number of aromatic amines is 1. The van der Waals surface area contributed by atoms with Gasteiger partial charge in [-0.3, -0.25) is 5.10 Å². The van der Waals surface area contributed by atoms with Gasteiger partial charge in [-0.05, 0) is 5.56 Å². The molecule has 6 nitrogen and oxygen atoms in total. The summed E-state index contributed by atoms with van der Waals surface area (Å²) in [6.07, 6.45) is 0. The summed E-state index contributed by atoms with van der Waals surface area (Å²) < 4.78 is 5.31. The number of aromatic nitrogens is 3. The van der Waals surface area contributed by atoms with Crippen LogP contribution < -0.4 is 4.90 Å². The molecule has 6 heteroatoms. The van der Waals surface area contributed by atoms with E-state index in [1.54, 1.807) is 0 Å². The summed E-state index contributed by atoms with van der Waals surface area (Å²) in [5.74, 6) is 1.37. The van der Waals surface area contributed by atoms with E-state index in [4.69, 9.17) is 4.74 Å². The van der Waals surface area contributed by atoms with Gasteiger partial charge in [0.15, 0.2) is 5.82 Å². The van der Waals surface area contributed by atoms with Crippen LogP contribution in [-0.4, -0.2) is 46.6 Å². The van der Waals surface area contributed by atoms with Crippen molar-refractivity contribution in [2.45, 2.75) is 6.61 Å². The number of hydrogen-bond donors (Lipinski definition) is 2. The minimum Gasteiger partial charge on any atom is -0.392 e. The zero-order valence-corrected chi connectivity index (χ0v) is 10.5. The number of nitrogens with zero attached hydrogens (tertiary/aromatic N) is 3. The maximum Gasteiger partial charge on any atom is 0.245 e. The summed E-state index contributed by atoms with van der Waals surface area (Å²) in [6.45, 7) is 3.01. The Labute approximate surface area is 111 Å². The number of aliphatic hydroxyl groups excluding tert-OH is 1. The lowest BCUT2D eigenvalue weighted by Crippen LogP contribution is -2.36. The second-order valence-electron chi connectivity index (χ2n) is 4.40. The molecular weight excluding hydrogens is 244 g/mol. The Balaban J connectivity index is 1.88. The Hall–Kier alpha value is -1.92. The molecule has 0 unspecified atom stereocenters. The molecule has 2 N–H and O–H groups in total. The van der Waals surface area contributed by atoms with Crippen molar-refractivity contribution in [2.75, 3.05) is 31.2 Å². The van der Waals surface area contributed by atoms with Crippen molar-refractivity contribution in [1.82, 2.24) is 15.2 Å². The second kappa shape index (κ2) is 5.38. The highest BCUT2D eigenvalue weighted by molar-refractivity contribution is 5.61. The Morgan fingerprint density at radius 2 is 2.05 bits per heavy atom. The summed E-state index contributed by atoms with van der Waals surface area (Å²) >= 11 is 0. The van der Waals surface area contributed by atoms with Gasteiger partial charge in [-0.1, -0.05) is 24.3 Å². The summed E-state index contributed by atoms with van der Waals surface area (Å²) in [5.41, 5.74) is 1.73. The predicted molar refractivity (Wildman–Crippen MR) is 70.8 cm³/mol. The third-order valence-electron chi connectivity index (χ3n) is 3.21. The Kier molecular flexibility index (Phi) is 3.43. The zero-order chi connectivity index (χ0) is 13.1. The SMILES string of the molecule is OCc1ccccc1-c1nc(N2CCOCC2)n[nH]1. The molecule has 1 aliphatic heterocycles.